The maximum Gasteiger partial charge on any atom is 0.113 e. The predicted molar refractivity (Wildman–Crippen MR) is 69.6 cm³/mol. The second-order valence-corrected chi connectivity index (χ2v) is 6.19. The molecular weight excluding hydrogens is 289 g/mol. The van der Waals surface area contributed by atoms with E-state index in [1.165, 1.54) is 16.9 Å². The van der Waals surface area contributed by atoms with E-state index >= 15 is 0 Å². The summed E-state index contributed by atoms with van der Waals surface area (Å²) in [4.78, 5) is 4.86. The van der Waals surface area contributed by atoms with Crippen LogP contribution in [0.15, 0.2) is 11.3 Å². The molecule has 1 unspecified atom stereocenters. The minimum Gasteiger partial charge on any atom is -0.280 e. The number of allylic oxidation sites excluding steroid dienone is 2. The van der Waals surface area contributed by atoms with E-state index in [9.17, 15) is 0 Å². The van der Waals surface area contributed by atoms with Crippen LogP contribution in [0.1, 0.15) is 24.8 Å². The first-order valence-electron chi connectivity index (χ1n) is 4.68. The SMILES string of the molecule is CONC(C)=C1CC1c1c(Cl)sc(Cl)c1Cl. The molecule has 1 aromatic heterocycles. The zero-order chi connectivity index (χ0) is 11.9. The van der Waals surface area contributed by atoms with Gasteiger partial charge in [-0.1, -0.05) is 34.8 Å². The number of rotatable bonds is 3. The van der Waals surface area contributed by atoms with E-state index in [2.05, 4.69) is 5.48 Å². The van der Waals surface area contributed by atoms with Crippen LogP contribution in [-0.2, 0) is 4.84 Å². The Hall–Kier alpha value is 0.0700. The summed E-state index contributed by atoms with van der Waals surface area (Å²) in [7, 11) is 1.59. The molecule has 1 fully saturated rings. The van der Waals surface area contributed by atoms with Gasteiger partial charge < -0.3 is 0 Å². The molecular formula is C10H10Cl3NOS. The van der Waals surface area contributed by atoms with Gasteiger partial charge in [-0.2, -0.15) is 0 Å². The summed E-state index contributed by atoms with van der Waals surface area (Å²) in [5, 5.41) is 0.585. The molecule has 0 bridgehead atoms. The molecule has 0 radical (unpaired) electrons. The zero-order valence-corrected chi connectivity index (χ0v) is 11.8. The predicted octanol–water partition coefficient (Wildman–Crippen LogP) is 4.62. The summed E-state index contributed by atoms with van der Waals surface area (Å²) in [5.41, 5.74) is 6.05. The maximum atomic E-state index is 6.12. The Morgan fingerprint density at radius 2 is 2.06 bits per heavy atom. The summed E-state index contributed by atoms with van der Waals surface area (Å²) < 4.78 is 1.24. The molecule has 0 amide bonds. The van der Waals surface area contributed by atoms with Crippen LogP contribution in [0.3, 0.4) is 0 Å². The first-order valence-corrected chi connectivity index (χ1v) is 6.63. The fourth-order valence-corrected chi connectivity index (χ4v) is 3.80. The average Bonchev–Trinajstić information content (AvgIpc) is 2.93. The van der Waals surface area contributed by atoms with Crippen molar-refractivity contribution in [2.75, 3.05) is 7.11 Å². The smallest absolute Gasteiger partial charge is 0.113 e. The number of nitrogens with one attached hydrogen (secondary N) is 1. The van der Waals surface area contributed by atoms with Crippen LogP contribution < -0.4 is 5.48 Å². The van der Waals surface area contributed by atoms with Gasteiger partial charge in [0.05, 0.1) is 16.5 Å². The van der Waals surface area contributed by atoms with Gasteiger partial charge in [0.2, 0.25) is 0 Å². The van der Waals surface area contributed by atoms with Gasteiger partial charge in [-0.15, -0.1) is 11.3 Å². The fraction of sp³-hybridized carbons (Fsp3) is 0.400. The molecule has 16 heavy (non-hydrogen) atoms. The van der Waals surface area contributed by atoms with Crippen molar-refractivity contribution in [2.45, 2.75) is 19.3 Å². The third-order valence-electron chi connectivity index (χ3n) is 2.57. The summed E-state index contributed by atoms with van der Waals surface area (Å²) >= 11 is 19.5. The van der Waals surface area contributed by atoms with Gasteiger partial charge in [0.15, 0.2) is 0 Å². The van der Waals surface area contributed by atoms with Crippen LogP contribution in [0.5, 0.6) is 0 Å². The Bertz CT molecular complexity index is 455. The fourth-order valence-electron chi connectivity index (χ4n) is 1.73. The van der Waals surface area contributed by atoms with Gasteiger partial charge in [0.1, 0.15) is 4.34 Å². The van der Waals surface area contributed by atoms with Crippen molar-refractivity contribution in [1.29, 1.82) is 0 Å². The third-order valence-corrected chi connectivity index (χ3v) is 4.81. The highest BCUT2D eigenvalue weighted by Gasteiger charge is 2.38. The monoisotopic (exact) mass is 297 g/mol. The number of hydroxylamine groups is 1. The maximum absolute atomic E-state index is 6.12. The van der Waals surface area contributed by atoms with Gasteiger partial charge in [0, 0.05) is 17.2 Å². The molecule has 2 nitrogen and oxygen atoms in total. The highest BCUT2D eigenvalue weighted by Crippen LogP contribution is 2.56. The minimum atomic E-state index is 0.284. The van der Waals surface area contributed by atoms with E-state index in [1.54, 1.807) is 7.11 Å². The van der Waals surface area contributed by atoms with E-state index < -0.39 is 0 Å². The van der Waals surface area contributed by atoms with Crippen molar-refractivity contribution in [2.24, 2.45) is 0 Å². The summed E-state index contributed by atoms with van der Waals surface area (Å²) in [5.74, 6) is 0.284. The van der Waals surface area contributed by atoms with Crippen molar-refractivity contribution in [1.82, 2.24) is 5.48 Å². The lowest BCUT2D eigenvalue weighted by molar-refractivity contribution is 0.117. The molecule has 1 aliphatic rings. The van der Waals surface area contributed by atoms with Crippen LogP contribution in [0.4, 0.5) is 0 Å². The largest absolute Gasteiger partial charge is 0.280 e. The van der Waals surface area contributed by atoms with Gasteiger partial charge in [-0.05, 0) is 18.9 Å². The van der Waals surface area contributed by atoms with E-state index in [4.69, 9.17) is 39.6 Å². The molecule has 1 atom stereocenters. The lowest BCUT2D eigenvalue weighted by Gasteiger charge is -2.01. The molecule has 88 valence electrons. The van der Waals surface area contributed by atoms with Crippen molar-refractivity contribution in [3.8, 4) is 0 Å². The van der Waals surface area contributed by atoms with Crippen molar-refractivity contribution < 1.29 is 4.84 Å². The van der Waals surface area contributed by atoms with Crippen molar-refractivity contribution >= 4 is 46.1 Å². The topological polar surface area (TPSA) is 21.3 Å². The van der Waals surface area contributed by atoms with E-state index in [0.717, 1.165) is 17.7 Å². The second kappa shape index (κ2) is 4.75. The summed E-state index contributed by atoms with van der Waals surface area (Å²) in [6.07, 6.45) is 0.953. The highest BCUT2D eigenvalue weighted by atomic mass is 35.5. The van der Waals surface area contributed by atoms with Gasteiger partial charge in [0.25, 0.3) is 0 Å². The summed E-state index contributed by atoms with van der Waals surface area (Å²) in [6.45, 7) is 1.97. The van der Waals surface area contributed by atoms with Crippen LogP contribution in [0.2, 0.25) is 13.7 Å². The third kappa shape index (κ3) is 2.20. The molecule has 0 spiro atoms. The number of thiophene rings is 1. The molecule has 0 aliphatic heterocycles. The van der Waals surface area contributed by atoms with Gasteiger partial charge in [-0.3, -0.25) is 10.3 Å². The Morgan fingerprint density at radius 3 is 2.56 bits per heavy atom. The molecule has 2 rings (SSSR count). The Morgan fingerprint density at radius 1 is 1.38 bits per heavy atom. The Labute approximate surface area is 113 Å². The van der Waals surface area contributed by atoms with Crippen LogP contribution in [-0.4, -0.2) is 7.11 Å². The van der Waals surface area contributed by atoms with Gasteiger partial charge >= 0.3 is 0 Å². The Balaban J connectivity index is 2.26. The highest BCUT2D eigenvalue weighted by molar-refractivity contribution is 7.20. The van der Waals surface area contributed by atoms with E-state index in [1.807, 2.05) is 6.92 Å². The molecule has 1 N–H and O–H groups in total. The standard InChI is InChI=1S/C10H10Cl3NOS/c1-4(14-15-2)5-3-6(5)7-8(11)10(13)16-9(7)12/h6,14H,3H2,1-2H3. The minimum absolute atomic E-state index is 0.284. The van der Waals surface area contributed by atoms with E-state index in [-0.39, 0.29) is 5.92 Å². The lowest BCUT2D eigenvalue weighted by atomic mass is 10.2. The Kier molecular flexibility index (Phi) is 3.72. The molecule has 1 heterocycles. The number of halogens is 3. The number of hydrogen-bond donors (Lipinski definition) is 1. The molecule has 1 saturated carbocycles. The van der Waals surface area contributed by atoms with Crippen LogP contribution >= 0.6 is 46.1 Å². The van der Waals surface area contributed by atoms with Crippen LogP contribution in [0.25, 0.3) is 0 Å². The quantitative estimate of drug-likeness (QED) is 0.822. The summed E-state index contributed by atoms with van der Waals surface area (Å²) in [6, 6.07) is 0. The zero-order valence-electron chi connectivity index (χ0n) is 8.73. The van der Waals surface area contributed by atoms with Crippen molar-refractivity contribution in [3.05, 3.63) is 30.5 Å². The lowest BCUT2D eigenvalue weighted by Crippen LogP contribution is -2.08. The molecule has 0 saturated heterocycles. The average molecular weight is 299 g/mol. The first kappa shape index (κ1) is 12.5. The first-order chi connectivity index (χ1) is 7.56. The molecule has 1 aliphatic carbocycles. The molecule has 6 heteroatoms. The van der Waals surface area contributed by atoms with Crippen LogP contribution in [0, 0.1) is 0 Å². The van der Waals surface area contributed by atoms with Crippen molar-refractivity contribution in [3.63, 3.8) is 0 Å². The molecule has 1 aromatic rings. The van der Waals surface area contributed by atoms with Gasteiger partial charge in [-0.25, -0.2) is 0 Å². The van der Waals surface area contributed by atoms with E-state index in [0.29, 0.717) is 13.7 Å². The number of hydrogen-bond acceptors (Lipinski definition) is 3. The molecule has 0 aromatic carbocycles. The normalized spacial score (nSPS) is 22.2. The second-order valence-electron chi connectivity index (χ2n) is 3.59.